The molecule has 1 aromatic carbocycles. The van der Waals surface area contributed by atoms with Crippen LogP contribution in [-0.4, -0.2) is 37.1 Å². The fraction of sp³-hybridized carbons (Fsp3) is 0.562. The average molecular weight is 274 g/mol. The van der Waals surface area contributed by atoms with Gasteiger partial charge in [0, 0.05) is 26.1 Å². The van der Waals surface area contributed by atoms with Crippen LogP contribution in [-0.2, 0) is 9.53 Å². The van der Waals surface area contributed by atoms with Gasteiger partial charge in [-0.05, 0) is 29.9 Å². The SMILES string of the molecule is COCCN1C(=O)CC(N)C1c1cccc(C2CC2)c1. The van der Waals surface area contributed by atoms with E-state index in [1.54, 1.807) is 7.11 Å². The first kappa shape index (κ1) is 13.6. The van der Waals surface area contributed by atoms with Crippen LogP contribution in [0.1, 0.15) is 42.3 Å². The minimum absolute atomic E-state index is 0.00338. The molecule has 2 atom stereocenters. The first-order valence-electron chi connectivity index (χ1n) is 7.34. The summed E-state index contributed by atoms with van der Waals surface area (Å²) in [6.45, 7) is 1.17. The smallest absolute Gasteiger partial charge is 0.224 e. The highest BCUT2D eigenvalue weighted by Gasteiger charge is 2.38. The molecule has 20 heavy (non-hydrogen) atoms. The lowest BCUT2D eigenvalue weighted by Crippen LogP contribution is -2.35. The average Bonchev–Trinajstić information content (AvgIpc) is 3.23. The Kier molecular flexibility index (Phi) is 3.76. The lowest BCUT2D eigenvalue weighted by Gasteiger charge is -2.27. The molecule has 2 N–H and O–H groups in total. The number of amides is 1. The number of methoxy groups -OCH3 is 1. The van der Waals surface area contributed by atoms with Gasteiger partial charge in [0.2, 0.25) is 5.91 Å². The first-order chi connectivity index (χ1) is 9.70. The fourth-order valence-corrected chi connectivity index (χ4v) is 3.11. The van der Waals surface area contributed by atoms with Crippen LogP contribution in [0.15, 0.2) is 24.3 Å². The van der Waals surface area contributed by atoms with Crippen LogP contribution in [0.3, 0.4) is 0 Å². The number of rotatable bonds is 5. The van der Waals surface area contributed by atoms with Gasteiger partial charge in [-0.25, -0.2) is 0 Å². The minimum atomic E-state index is -0.117. The quantitative estimate of drug-likeness (QED) is 0.891. The van der Waals surface area contributed by atoms with Crippen molar-refractivity contribution >= 4 is 5.91 Å². The van der Waals surface area contributed by atoms with Gasteiger partial charge in [-0.3, -0.25) is 4.79 Å². The summed E-state index contributed by atoms with van der Waals surface area (Å²) in [5, 5.41) is 0. The predicted octanol–water partition coefficient (Wildman–Crippen LogP) is 1.81. The summed E-state index contributed by atoms with van der Waals surface area (Å²) < 4.78 is 5.11. The summed E-state index contributed by atoms with van der Waals surface area (Å²) in [5.41, 5.74) is 8.76. The number of hydrogen-bond donors (Lipinski definition) is 1. The van der Waals surface area contributed by atoms with Crippen molar-refractivity contribution in [2.75, 3.05) is 20.3 Å². The Morgan fingerprint density at radius 2 is 2.10 bits per heavy atom. The molecule has 1 heterocycles. The van der Waals surface area contributed by atoms with Gasteiger partial charge in [-0.15, -0.1) is 0 Å². The van der Waals surface area contributed by atoms with Crippen LogP contribution in [0, 0.1) is 0 Å². The van der Waals surface area contributed by atoms with Crippen molar-refractivity contribution in [1.29, 1.82) is 0 Å². The molecule has 1 saturated carbocycles. The molecule has 1 aliphatic carbocycles. The van der Waals surface area contributed by atoms with Crippen molar-refractivity contribution in [1.82, 2.24) is 4.90 Å². The van der Waals surface area contributed by atoms with E-state index in [4.69, 9.17) is 10.5 Å². The third-order valence-corrected chi connectivity index (χ3v) is 4.31. The molecule has 0 radical (unpaired) electrons. The molecule has 4 nitrogen and oxygen atoms in total. The van der Waals surface area contributed by atoms with E-state index >= 15 is 0 Å². The second-order valence-electron chi connectivity index (χ2n) is 5.84. The molecular weight excluding hydrogens is 252 g/mol. The molecule has 1 aliphatic heterocycles. The molecule has 0 spiro atoms. The summed E-state index contributed by atoms with van der Waals surface area (Å²) in [6, 6.07) is 8.48. The van der Waals surface area contributed by atoms with Gasteiger partial charge in [0.15, 0.2) is 0 Å². The van der Waals surface area contributed by atoms with Crippen LogP contribution in [0.5, 0.6) is 0 Å². The van der Waals surface area contributed by atoms with Crippen LogP contribution in [0.25, 0.3) is 0 Å². The van der Waals surface area contributed by atoms with E-state index < -0.39 is 0 Å². The van der Waals surface area contributed by atoms with Gasteiger partial charge < -0.3 is 15.4 Å². The molecule has 0 aromatic heterocycles. The molecule has 3 rings (SSSR count). The van der Waals surface area contributed by atoms with E-state index in [0.29, 0.717) is 19.6 Å². The number of nitrogens with zero attached hydrogens (tertiary/aromatic N) is 1. The molecule has 1 saturated heterocycles. The van der Waals surface area contributed by atoms with E-state index in [-0.39, 0.29) is 18.0 Å². The van der Waals surface area contributed by atoms with Gasteiger partial charge in [0.05, 0.1) is 12.6 Å². The zero-order valence-corrected chi connectivity index (χ0v) is 11.9. The molecule has 108 valence electrons. The van der Waals surface area contributed by atoms with Gasteiger partial charge in [0.25, 0.3) is 0 Å². The van der Waals surface area contributed by atoms with Gasteiger partial charge in [0.1, 0.15) is 0 Å². The normalized spacial score (nSPS) is 26.3. The summed E-state index contributed by atoms with van der Waals surface area (Å²) in [4.78, 5) is 14.0. The Labute approximate surface area is 119 Å². The number of nitrogens with two attached hydrogens (primary N) is 1. The summed E-state index contributed by atoms with van der Waals surface area (Å²) in [5.74, 6) is 0.854. The summed E-state index contributed by atoms with van der Waals surface area (Å²) in [6.07, 6.45) is 3.00. The van der Waals surface area contributed by atoms with Crippen molar-refractivity contribution in [2.24, 2.45) is 5.73 Å². The van der Waals surface area contributed by atoms with E-state index in [0.717, 1.165) is 5.92 Å². The zero-order valence-electron chi connectivity index (χ0n) is 11.9. The Morgan fingerprint density at radius 3 is 2.80 bits per heavy atom. The Morgan fingerprint density at radius 1 is 1.35 bits per heavy atom. The molecule has 0 bridgehead atoms. The number of benzene rings is 1. The van der Waals surface area contributed by atoms with Crippen molar-refractivity contribution in [3.63, 3.8) is 0 Å². The van der Waals surface area contributed by atoms with E-state index in [9.17, 15) is 4.79 Å². The number of carbonyl (C=O) groups excluding carboxylic acids is 1. The monoisotopic (exact) mass is 274 g/mol. The molecular formula is C16H22N2O2. The van der Waals surface area contributed by atoms with Crippen LogP contribution >= 0.6 is 0 Å². The molecule has 1 amide bonds. The highest BCUT2D eigenvalue weighted by molar-refractivity contribution is 5.80. The third-order valence-electron chi connectivity index (χ3n) is 4.31. The maximum absolute atomic E-state index is 12.1. The Bertz CT molecular complexity index is 499. The molecule has 4 heteroatoms. The second kappa shape index (κ2) is 5.54. The first-order valence-corrected chi connectivity index (χ1v) is 7.34. The Balaban J connectivity index is 1.85. The molecule has 2 fully saturated rings. The largest absolute Gasteiger partial charge is 0.383 e. The van der Waals surface area contributed by atoms with Crippen molar-refractivity contribution in [2.45, 2.75) is 37.3 Å². The van der Waals surface area contributed by atoms with E-state index in [1.165, 1.54) is 24.0 Å². The minimum Gasteiger partial charge on any atom is -0.383 e. The summed E-state index contributed by atoms with van der Waals surface area (Å²) in [7, 11) is 1.66. The topological polar surface area (TPSA) is 55.6 Å². The lowest BCUT2D eigenvalue weighted by molar-refractivity contribution is -0.129. The number of carbonyl (C=O) groups is 1. The molecule has 2 unspecified atom stereocenters. The van der Waals surface area contributed by atoms with Gasteiger partial charge >= 0.3 is 0 Å². The highest BCUT2D eigenvalue weighted by atomic mass is 16.5. The van der Waals surface area contributed by atoms with E-state index in [1.807, 2.05) is 4.90 Å². The summed E-state index contributed by atoms with van der Waals surface area (Å²) >= 11 is 0. The van der Waals surface area contributed by atoms with Crippen LogP contribution < -0.4 is 5.73 Å². The van der Waals surface area contributed by atoms with Crippen LogP contribution in [0.2, 0.25) is 0 Å². The Hall–Kier alpha value is -1.39. The second-order valence-corrected chi connectivity index (χ2v) is 5.84. The van der Waals surface area contributed by atoms with E-state index in [2.05, 4.69) is 24.3 Å². The zero-order chi connectivity index (χ0) is 14.1. The van der Waals surface area contributed by atoms with Crippen molar-refractivity contribution in [3.8, 4) is 0 Å². The van der Waals surface area contributed by atoms with Crippen molar-refractivity contribution in [3.05, 3.63) is 35.4 Å². The molecule has 1 aromatic rings. The predicted molar refractivity (Wildman–Crippen MR) is 77.3 cm³/mol. The van der Waals surface area contributed by atoms with Crippen molar-refractivity contribution < 1.29 is 9.53 Å². The highest BCUT2D eigenvalue weighted by Crippen LogP contribution is 2.41. The third kappa shape index (κ3) is 2.58. The maximum Gasteiger partial charge on any atom is 0.224 e. The number of likely N-dealkylation sites (tertiary alicyclic amines) is 1. The maximum atomic E-state index is 12.1. The lowest BCUT2D eigenvalue weighted by atomic mass is 9.97. The number of hydrogen-bond acceptors (Lipinski definition) is 3. The standard InChI is InChI=1S/C16H22N2O2/c1-20-8-7-18-15(19)10-14(17)16(18)13-4-2-3-12(9-13)11-5-6-11/h2-4,9,11,14,16H,5-8,10,17H2,1H3. The number of ether oxygens (including phenoxy) is 1. The van der Waals surface area contributed by atoms with Gasteiger partial charge in [-0.1, -0.05) is 24.3 Å². The molecule has 2 aliphatic rings. The fourth-order valence-electron chi connectivity index (χ4n) is 3.11. The van der Waals surface area contributed by atoms with Crippen LogP contribution in [0.4, 0.5) is 0 Å². The van der Waals surface area contributed by atoms with Gasteiger partial charge in [-0.2, -0.15) is 0 Å².